The molecule has 0 radical (unpaired) electrons. The van der Waals surface area contributed by atoms with E-state index in [4.69, 9.17) is 10.7 Å². The second-order valence-corrected chi connectivity index (χ2v) is 8.17. The number of halogens is 1. The quantitative estimate of drug-likeness (QED) is 0.615. The molecule has 1 aromatic carbocycles. The summed E-state index contributed by atoms with van der Waals surface area (Å²) >= 11 is 7.05. The van der Waals surface area contributed by atoms with Crippen LogP contribution in [0.4, 0.5) is 5.69 Å². The van der Waals surface area contributed by atoms with Crippen LogP contribution in [-0.2, 0) is 11.2 Å². The summed E-state index contributed by atoms with van der Waals surface area (Å²) in [6.45, 7) is 6.57. The summed E-state index contributed by atoms with van der Waals surface area (Å²) in [7, 11) is 0. The number of rotatable bonds is 3. The Balaban J connectivity index is 2.04. The summed E-state index contributed by atoms with van der Waals surface area (Å²) in [4.78, 5) is 5.90. The van der Waals surface area contributed by atoms with Gasteiger partial charge in [-0.25, -0.2) is 4.98 Å². The minimum atomic E-state index is 0.126. The van der Waals surface area contributed by atoms with Crippen LogP contribution in [0.15, 0.2) is 32.9 Å². The fourth-order valence-corrected chi connectivity index (χ4v) is 4.19. The van der Waals surface area contributed by atoms with Gasteiger partial charge >= 0.3 is 0 Å². The third-order valence-electron chi connectivity index (χ3n) is 2.63. The molecule has 0 aliphatic rings. The zero-order valence-corrected chi connectivity index (χ0v) is 14.5. The smallest absolute Gasteiger partial charge is 0.103 e. The summed E-state index contributed by atoms with van der Waals surface area (Å²) in [5.74, 6) is 0.892. The molecular weight excluding hydrogens is 340 g/mol. The van der Waals surface area contributed by atoms with Gasteiger partial charge in [0.05, 0.1) is 11.4 Å². The maximum atomic E-state index is 5.74. The number of nitrogens with zero attached hydrogens (tertiary/aromatic N) is 1. The van der Waals surface area contributed by atoms with Crippen LogP contribution in [0.2, 0.25) is 0 Å². The van der Waals surface area contributed by atoms with Crippen LogP contribution in [0.5, 0.6) is 0 Å². The van der Waals surface area contributed by atoms with E-state index in [0.717, 1.165) is 15.9 Å². The minimum absolute atomic E-state index is 0.126. The van der Waals surface area contributed by atoms with E-state index in [2.05, 4.69) is 42.1 Å². The molecule has 0 fully saturated rings. The van der Waals surface area contributed by atoms with E-state index in [1.54, 1.807) is 23.1 Å². The Morgan fingerprint density at radius 1 is 1.37 bits per heavy atom. The van der Waals surface area contributed by atoms with Crippen molar-refractivity contribution in [2.45, 2.75) is 36.8 Å². The summed E-state index contributed by atoms with van der Waals surface area (Å²) < 4.78 is 1.05. The fourth-order valence-electron chi connectivity index (χ4n) is 1.50. The third kappa shape index (κ3) is 3.97. The molecule has 1 aromatic heterocycles. The number of thioether (sulfide) groups is 1. The van der Waals surface area contributed by atoms with E-state index in [9.17, 15) is 0 Å². The molecule has 0 spiro atoms. The maximum absolute atomic E-state index is 5.74. The molecule has 0 saturated carbocycles. The van der Waals surface area contributed by atoms with Gasteiger partial charge < -0.3 is 5.73 Å². The lowest BCUT2D eigenvalue weighted by Crippen LogP contribution is -2.11. The first-order valence-corrected chi connectivity index (χ1v) is 8.65. The van der Waals surface area contributed by atoms with Gasteiger partial charge in [-0.15, -0.1) is 23.1 Å². The molecule has 0 unspecified atom stereocenters. The summed E-state index contributed by atoms with van der Waals surface area (Å²) in [5.41, 5.74) is 7.81. The third-order valence-corrected chi connectivity index (χ3v) is 5.66. The Bertz CT molecular complexity index is 573. The summed E-state index contributed by atoms with van der Waals surface area (Å²) in [5, 5.41) is 3.33. The van der Waals surface area contributed by atoms with Crippen LogP contribution in [0.1, 0.15) is 31.5 Å². The molecule has 0 aliphatic carbocycles. The largest absolute Gasteiger partial charge is 0.399 e. The number of nitrogens with two attached hydrogens (primary N) is 1. The van der Waals surface area contributed by atoms with Gasteiger partial charge in [-0.3, -0.25) is 0 Å². The number of anilines is 1. The van der Waals surface area contributed by atoms with Crippen molar-refractivity contribution < 1.29 is 0 Å². The normalized spacial score (nSPS) is 11.8. The van der Waals surface area contributed by atoms with E-state index in [1.807, 2.05) is 18.2 Å². The van der Waals surface area contributed by atoms with Gasteiger partial charge in [-0.2, -0.15) is 0 Å². The van der Waals surface area contributed by atoms with Gasteiger partial charge in [0.2, 0.25) is 0 Å². The first-order chi connectivity index (χ1) is 8.86. The topological polar surface area (TPSA) is 38.9 Å². The molecule has 102 valence electrons. The van der Waals surface area contributed by atoms with Crippen molar-refractivity contribution in [2.24, 2.45) is 0 Å². The standard InChI is InChI=1S/C14H17BrN2S2/c1-14(2,3)12-7-19-13(17-12)8-18-11-5-4-9(16)6-10(11)15/h4-7H,8,16H2,1-3H3. The Morgan fingerprint density at radius 2 is 2.11 bits per heavy atom. The lowest BCUT2D eigenvalue weighted by Gasteiger charge is -2.14. The van der Waals surface area contributed by atoms with Crippen molar-refractivity contribution in [1.29, 1.82) is 0 Å². The van der Waals surface area contributed by atoms with Crippen LogP contribution in [-0.4, -0.2) is 4.98 Å². The van der Waals surface area contributed by atoms with E-state index in [1.165, 1.54) is 15.6 Å². The van der Waals surface area contributed by atoms with E-state index < -0.39 is 0 Å². The predicted molar refractivity (Wildman–Crippen MR) is 88.9 cm³/mol. The molecule has 5 heteroatoms. The second kappa shape index (κ2) is 5.85. The Labute approximate surface area is 131 Å². The predicted octanol–water partition coefficient (Wildman–Crippen LogP) is 5.08. The van der Waals surface area contributed by atoms with Crippen LogP contribution in [0.25, 0.3) is 0 Å². The highest BCUT2D eigenvalue weighted by Gasteiger charge is 2.17. The average Bonchev–Trinajstić information content (AvgIpc) is 2.76. The Kier molecular flexibility index (Phi) is 4.58. The van der Waals surface area contributed by atoms with E-state index in [0.29, 0.717) is 0 Å². The molecule has 0 saturated heterocycles. The highest BCUT2D eigenvalue weighted by molar-refractivity contribution is 9.10. The van der Waals surface area contributed by atoms with Gasteiger partial charge in [-0.1, -0.05) is 20.8 Å². The van der Waals surface area contributed by atoms with E-state index >= 15 is 0 Å². The number of nitrogen functional groups attached to an aromatic ring is 1. The zero-order chi connectivity index (χ0) is 14.0. The summed E-state index contributed by atoms with van der Waals surface area (Å²) in [6, 6.07) is 5.91. The van der Waals surface area contributed by atoms with Crippen LogP contribution in [0, 0.1) is 0 Å². The summed E-state index contributed by atoms with van der Waals surface area (Å²) in [6.07, 6.45) is 0. The zero-order valence-electron chi connectivity index (χ0n) is 11.2. The molecular formula is C14H17BrN2S2. The van der Waals surface area contributed by atoms with Gasteiger partial charge in [0.25, 0.3) is 0 Å². The number of hydrogen-bond donors (Lipinski definition) is 1. The average molecular weight is 357 g/mol. The lowest BCUT2D eigenvalue weighted by molar-refractivity contribution is 0.572. The first kappa shape index (κ1) is 14.9. The van der Waals surface area contributed by atoms with Crippen LogP contribution >= 0.6 is 39.0 Å². The number of aromatic nitrogens is 1. The van der Waals surface area contributed by atoms with Gasteiger partial charge in [0.1, 0.15) is 5.01 Å². The SMILES string of the molecule is CC(C)(C)c1csc(CSc2ccc(N)cc2Br)n1. The Hall–Kier alpha value is -0.520. The highest BCUT2D eigenvalue weighted by atomic mass is 79.9. The molecule has 2 N–H and O–H groups in total. The molecule has 2 aromatic rings. The van der Waals surface area contributed by atoms with Crippen LogP contribution < -0.4 is 5.73 Å². The Morgan fingerprint density at radius 3 is 2.68 bits per heavy atom. The van der Waals surface area contributed by atoms with Crippen LogP contribution in [0.3, 0.4) is 0 Å². The van der Waals surface area contributed by atoms with Gasteiger partial charge in [0.15, 0.2) is 0 Å². The highest BCUT2D eigenvalue weighted by Crippen LogP contribution is 2.33. The van der Waals surface area contributed by atoms with Crippen molar-refractivity contribution in [2.75, 3.05) is 5.73 Å². The fraction of sp³-hybridized carbons (Fsp3) is 0.357. The monoisotopic (exact) mass is 356 g/mol. The van der Waals surface area contributed by atoms with Crippen molar-refractivity contribution in [3.63, 3.8) is 0 Å². The molecule has 1 heterocycles. The number of thiazole rings is 1. The molecule has 2 rings (SSSR count). The number of hydrogen-bond acceptors (Lipinski definition) is 4. The maximum Gasteiger partial charge on any atom is 0.103 e. The van der Waals surface area contributed by atoms with Crippen molar-refractivity contribution in [3.8, 4) is 0 Å². The molecule has 0 atom stereocenters. The molecule has 0 bridgehead atoms. The van der Waals surface area contributed by atoms with Gasteiger partial charge in [-0.05, 0) is 34.1 Å². The lowest BCUT2D eigenvalue weighted by atomic mass is 9.93. The second-order valence-electron chi connectivity index (χ2n) is 5.36. The molecule has 19 heavy (non-hydrogen) atoms. The minimum Gasteiger partial charge on any atom is -0.399 e. The van der Waals surface area contributed by atoms with Crippen molar-refractivity contribution in [1.82, 2.24) is 4.98 Å². The van der Waals surface area contributed by atoms with E-state index in [-0.39, 0.29) is 5.41 Å². The molecule has 2 nitrogen and oxygen atoms in total. The number of benzene rings is 1. The van der Waals surface area contributed by atoms with Crippen molar-refractivity contribution >= 4 is 44.7 Å². The van der Waals surface area contributed by atoms with Gasteiger partial charge in [0, 0.05) is 25.9 Å². The molecule has 0 aliphatic heterocycles. The first-order valence-electron chi connectivity index (χ1n) is 5.99. The van der Waals surface area contributed by atoms with Crippen molar-refractivity contribution in [3.05, 3.63) is 38.8 Å². The molecule has 0 amide bonds.